The molecule has 0 aromatic carbocycles. The van der Waals surface area contributed by atoms with E-state index in [1.54, 1.807) is 0 Å². The molecule has 0 bridgehead atoms. The van der Waals surface area contributed by atoms with Gasteiger partial charge in [0.15, 0.2) is 0 Å². The summed E-state index contributed by atoms with van der Waals surface area (Å²) in [6.07, 6.45) is -29.9. The van der Waals surface area contributed by atoms with Crippen molar-refractivity contribution in [3.8, 4) is 0 Å². The molecule has 0 unspecified atom stereocenters. The summed E-state index contributed by atoms with van der Waals surface area (Å²) >= 11 is 0. The average molecular weight is 762 g/mol. The quantitative estimate of drug-likeness (QED) is 0.0704. The predicted molar refractivity (Wildman–Crippen MR) is 128 cm³/mol. The summed E-state index contributed by atoms with van der Waals surface area (Å²) < 4.78 is 269. The second-order valence-corrected chi connectivity index (χ2v) is 15.6. The maximum absolute atomic E-state index is 13.5. The third-order valence-corrected chi connectivity index (χ3v) is 11.5. The molecule has 1 nitrogen and oxygen atoms in total. The summed E-state index contributed by atoms with van der Waals surface area (Å²) in [5.41, 5.74) is 0. The smallest absolute Gasteiger partial charge is 0.351 e. The highest BCUT2D eigenvalue weighted by Crippen LogP contribution is 2.51. The molecule has 0 aliphatic carbocycles. The molecule has 47 heavy (non-hydrogen) atoms. The van der Waals surface area contributed by atoms with Crippen molar-refractivity contribution < 1.29 is 92.2 Å². The largest absolute Gasteiger partial charge is 0.459 e. The van der Waals surface area contributed by atoms with Gasteiger partial charge in [0.2, 0.25) is 0 Å². The van der Waals surface area contributed by atoms with Crippen LogP contribution in [0, 0.1) is 0 Å². The Morgan fingerprint density at radius 3 is 0.660 bits per heavy atom. The van der Waals surface area contributed by atoms with Crippen molar-refractivity contribution in [3.63, 3.8) is 0 Å². The van der Waals surface area contributed by atoms with Gasteiger partial charge in [-0.1, -0.05) is 38.5 Å². The third-order valence-electron chi connectivity index (χ3n) is 7.44. The van der Waals surface area contributed by atoms with Crippen LogP contribution in [0.4, 0.5) is 92.2 Å². The van der Waals surface area contributed by atoms with E-state index in [1.807, 2.05) is 0 Å². The van der Waals surface area contributed by atoms with Gasteiger partial charge in [0.05, 0.1) is 0 Å². The number of hydrogen-bond donors (Lipinski definition) is 1. The lowest BCUT2D eigenvalue weighted by Crippen LogP contribution is -2.51. The van der Waals surface area contributed by atoms with Gasteiger partial charge >= 0.3 is 54.1 Å². The standard InChI is InChI=1S/C24H32F21NSi/c25-16(26,19(31,32)22(37,38)39)10-4-1-7-13-47(46,14-8-2-5-11-17(27,28)20(33,34)23(40,41)42)15-9-3-6-12-18(29,30)21(35,36)24(43,44)45/h1-15,46H2. The summed E-state index contributed by atoms with van der Waals surface area (Å²) in [5.74, 6) is -35.5. The van der Waals surface area contributed by atoms with Crippen LogP contribution >= 0.6 is 0 Å². The Bertz CT molecular complexity index is 822. The van der Waals surface area contributed by atoms with Crippen LogP contribution in [0.1, 0.15) is 77.0 Å². The van der Waals surface area contributed by atoms with Crippen molar-refractivity contribution in [3.05, 3.63) is 0 Å². The number of alkyl halides is 21. The molecule has 0 atom stereocenters. The lowest BCUT2D eigenvalue weighted by atomic mass is 10.0. The Hall–Kier alpha value is -1.29. The Morgan fingerprint density at radius 1 is 0.298 bits per heavy atom. The van der Waals surface area contributed by atoms with E-state index in [0.29, 0.717) is 0 Å². The molecule has 0 saturated heterocycles. The van der Waals surface area contributed by atoms with Crippen LogP contribution in [0.5, 0.6) is 0 Å². The molecular formula is C24H32F21NSi. The first kappa shape index (κ1) is 45.7. The second-order valence-electron chi connectivity index (χ2n) is 11.4. The number of rotatable bonds is 21. The molecule has 0 amide bonds. The lowest BCUT2D eigenvalue weighted by Gasteiger charge is -2.30. The van der Waals surface area contributed by atoms with Gasteiger partial charge in [-0.05, 0) is 37.4 Å². The summed E-state index contributed by atoms with van der Waals surface area (Å²) in [5, 5.41) is 6.27. The van der Waals surface area contributed by atoms with Crippen LogP contribution < -0.4 is 5.40 Å². The molecule has 0 radical (unpaired) electrons. The van der Waals surface area contributed by atoms with E-state index < -0.39 is 120 Å². The lowest BCUT2D eigenvalue weighted by molar-refractivity contribution is -0.356. The van der Waals surface area contributed by atoms with Crippen LogP contribution in [0.15, 0.2) is 0 Å². The minimum absolute atomic E-state index is 0.154. The molecule has 284 valence electrons. The molecule has 0 aromatic rings. The first-order valence-electron chi connectivity index (χ1n) is 13.9. The van der Waals surface area contributed by atoms with Crippen molar-refractivity contribution >= 4 is 8.24 Å². The topological polar surface area (TPSA) is 26.0 Å². The van der Waals surface area contributed by atoms with Gasteiger partial charge in [0.1, 0.15) is 8.24 Å². The molecule has 0 aliphatic rings. The van der Waals surface area contributed by atoms with E-state index in [4.69, 9.17) is 5.40 Å². The number of unbranched alkanes of at least 4 members (excludes halogenated alkanes) is 6. The zero-order valence-corrected chi connectivity index (χ0v) is 25.1. The van der Waals surface area contributed by atoms with Gasteiger partial charge in [-0.15, -0.1) is 0 Å². The molecule has 2 N–H and O–H groups in total. The minimum Gasteiger partial charge on any atom is -0.351 e. The van der Waals surface area contributed by atoms with E-state index in [9.17, 15) is 92.2 Å². The molecule has 0 aromatic heterocycles. The molecule has 0 spiro atoms. The molecular weight excluding hydrogens is 729 g/mol. The van der Waals surface area contributed by atoms with Gasteiger partial charge < -0.3 is 5.40 Å². The van der Waals surface area contributed by atoms with Gasteiger partial charge in [-0.2, -0.15) is 92.2 Å². The van der Waals surface area contributed by atoms with E-state index >= 15 is 0 Å². The van der Waals surface area contributed by atoms with E-state index in [1.165, 1.54) is 0 Å². The Kier molecular flexibility index (Phi) is 15.3. The zero-order chi connectivity index (χ0) is 37.6. The summed E-state index contributed by atoms with van der Waals surface area (Å²) in [6.45, 7) is 0. The highest BCUT2D eigenvalue weighted by molar-refractivity contribution is 6.76. The number of nitrogens with two attached hydrogens (primary N) is 1. The number of hydrogen-bond acceptors (Lipinski definition) is 1. The number of halogens is 21. The van der Waals surface area contributed by atoms with Crippen molar-refractivity contribution in [1.82, 2.24) is 0 Å². The van der Waals surface area contributed by atoms with Gasteiger partial charge in [0.25, 0.3) is 0 Å². The van der Waals surface area contributed by atoms with E-state index in [2.05, 4.69) is 0 Å². The van der Waals surface area contributed by atoms with E-state index in [-0.39, 0.29) is 37.4 Å². The highest BCUT2D eigenvalue weighted by atomic mass is 28.3. The zero-order valence-electron chi connectivity index (χ0n) is 24.1. The summed E-state index contributed by atoms with van der Waals surface area (Å²) in [7, 11) is -3.28. The van der Waals surface area contributed by atoms with Crippen molar-refractivity contribution in [2.45, 2.75) is 149 Å². The van der Waals surface area contributed by atoms with Gasteiger partial charge in [-0.25, -0.2) is 0 Å². The van der Waals surface area contributed by atoms with E-state index in [0.717, 1.165) is 0 Å². The first-order valence-corrected chi connectivity index (χ1v) is 16.6. The SMILES string of the molecule is N[Si](CCCCCC(F)(F)C(F)(F)C(F)(F)F)(CCCCCC(F)(F)C(F)(F)C(F)(F)F)CCCCCC(F)(F)C(F)(F)C(F)(F)F. The summed E-state index contributed by atoms with van der Waals surface area (Å²) in [4.78, 5) is 0. The molecule has 0 saturated carbocycles. The third kappa shape index (κ3) is 11.9. The predicted octanol–water partition coefficient (Wildman–Crippen LogP) is 12.1. The normalized spacial score (nSPS) is 15.4. The van der Waals surface area contributed by atoms with Crippen molar-refractivity contribution in [2.75, 3.05) is 0 Å². The molecule has 0 rings (SSSR count). The van der Waals surface area contributed by atoms with Crippen molar-refractivity contribution in [1.29, 1.82) is 0 Å². The van der Waals surface area contributed by atoms with Crippen LogP contribution in [0.2, 0.25) is 18.1 Å². The average Bonchev–Trinajstić information content (AvgIpc) is 2.85. The minimum atomic E-state index is -6.56. The Morgan fingerprint density at radius 2 is 0.489 bits per heavy atom. The Balaban J connectivity index is 5.28. The highest BCUT2D eigenvalue weighted by Gasteiger charge is 2.74. The fourth-order valence-corrected chi connectivity index (χ4v) is 8.08. The fourth-order valence-electron chi connectivity index (χ4n) is 4.47. The Labute approximate surface area is 255 Å². The van der Waals surface area contributed by atoms with Crippen molar-refractivity contribution in [2.24, 2.45) is 5.40 Å². The summed E-state index contributed by atoms with van der Waals surface area (Å²) in [6, 6.07) is -0.462. The van der Waals surface area contributed by atoms with Crippen LogP contribution in [0.25, 0.3) is 0 Å². The molecule has 23 heteroatoms. The second kappa shape index (κ2) is 15.7. The maximum Gasteiger partial charge on any atom is 0.459 e. The van der Waals surface area contributed by atoms with Gasteiger partial charge in [-0.3, -0.25) is 0 Å². The first-order chi connectivity index (χ1) is 20.6. The molecule has 0 heterocycles. The van der Waals surface area contributed by atoms with Gasteiger partial charge in [0, 0.05) is 19.3 Å². The molecule has 0 fully saturated rings. The van der Waals surface area contributed by atoms with Crippen LogP contribution in [-0.4, -0.2) is 62.3 Å². The van der Waals surface area contributed by atoms with Crippen LogP contribution in [0.3, 0.4) is 0 Å². The maximum atomic E-state index is 13.5. The molecule has 0 aliphatic heterocycles. The fraction of sp³-hybridized carbons (Fsp3) is 1.00. The van der Waals surface area contributed by atoms with Crippen LogP contribution in [-0.2, 0) is 0 Å². The monoisotopic (exact) mass is 761 g/mol.